The fraction of sp³-hybridized carbons (Fsp3) is 0.240. The fourth-order valence-corrected chi connectivity index (χ4v) is 6.96. The molecule has 0 saturated heterocycles. The third-order valence-electron chi connectivity index (χ3n) is 5.32. The van der Waals surface area contributed by atoms with Crippen molar-refractivity contribution >= 4 is 68.6 Å². The third-order valence-corrected chi connectivity index (χ3v) is 7.72. The number of nitrogens with zero attached hydrogens (tertiary/aromatic N) is 2. The van der Waals surface area contributed by atoms with Crippen molar-refractivity contribution in [1.82, 2.24) is 4.57 Å². The molecule has 0 spiro atoms. The molecule has 35 heavy (non-hydrogen) atoms. The van der Waals surface area contributed by atoms with E-state index < -0.39 is 17.8 Å². The van der Waals surface area contributed by atoms with Gasteiger partial charge in [-0.3, -0.25) is 9.36 Å². The first-order valence-corrected chi connectivity index (χ1v) is 13.8. The average molecular weight is 718 g/mol. The van der Waals surface area contributed by atoms with E-state index in [1.807, 2.05) is 19.1 Å². The third kappa shape index (κ3) is 5.24. The molecule has 0 radical (unpaired) electrons. The average Bonchev–Trinajstić information content (AvgIpc) is 3.10. The highest BCUT2D eigenvalue weighted by Gasteiger charge is 2.33. The molecule has 3 aromatic rings. The van der Waals surface area contributed by atoms with Gasteiger partial charge in [-0.15, -0.1) is 0 Å². The zero-order valence-corrected chi connectivity index (χ0v) is 24.2. The quantitative estimate of drug-likeness (QED) is 0.278. The molecule has 4 rings (SSSR count). The van der Waals surface area contributed by atoms with Gasteiger partial charge in [-0.1, -0.05) is 23.5 Å². The fourth-order valence-electron chi connectivity index (χ4n) is 3.88. The first-order valence-electron chi connectivity index (χ1n) is 10.8. The first-order chi connectivity index (χ1) is 16.7. The van der Waals surface area contributed by atoms with Crippen LogP contribution in [0.3, 0.4) is 0 Å². The minimum Gasteiger partial charge on any atom is -0.492 e. The summed E-state index contributed by atoms with van der Waals surface area (Å²) >= 11 is 5.69. The van der Waals surface area contributed by atoms with Gasteiger partial charge in [0.2, 0.25) is 0 Å². The molecule has 2 heterocycles. The number of carbonyl (C=O) groups excluding carboxylic acids is 1. The summed E-state index contributed by atoms with van der Waals surface area (Å²) in [6.45, 7) is 6.02. The van der Waals surface area contributed by atoms with Crippen LogP contribution in [0.2, 0.25) is 0 Å². The SMILES string of the molecule is CCOC(=O)C1=C(C)N=c2s/c(=C\c3cc(I)cc(I)c3OCC)c(=O)n2[C@H]1c1ccc(F)cc1. The lowest BCUT2D eigenvalue weighted by Crippen LogP contribution is -2.39. The zero-order valence-electron chi connectivity index (χ0n) is 19.1. The van der Waals surface area contributed by atoms with E-state index in [2.05, 4.69) is 50.2 Å². The number of rotatable bonds is 6. The van der Waals surface area contributed by atoms with Crippen molar-refractivity contribution < 1.29 is 18.7 Å². The molecule has 1 atom stereocenters. The molecule has 10 heteroatoms. The van der Waals surface area contributed by atoms with Gasteiger partial charge in [0, 0.05) is 9.13 Å². The minimum atomic E-state index is -0.782. The monoisotopic (exact) mass is 718 g/mol. The molecular weight excluding hydrogens is 697 g/mol. The number of thiazole rings is 1. The number of esters is 1. The van der Waals surface area contributed by atoms with Crippen molar-refractivity contribution in [2.75, 3.05) is 13.2 Å². The summed E-state index contributed by atoms with van der Waals surface area (Å²) in [5, 5.41) is 0. The summed E-state index contributed by atoms with van der Waals surface area (Å²) in [6, 6.07) is 8.95. The van der Waals surface area contributed by atoms with Gasteiger partial charge < -0.3 is 9.47 Å². The zero-order chi connectivity index (χ0) is 25.3. The Bertz CT molecular complexity index is 1510. The maximum atomic E-state index is 13.7. The Hall–Kier alpha value is -2.06. The van der Waals surface area contributed by atoms with Crippen molar-refractivity contribution in [3.8, 4) is 5.75 Å². The molecule has 182 valence electrons. The van der Waals surface area contributed by atoms with Gasteiger partial charge in [0.05, 0.1) is 38.6 Å². The van der Waals surface area contributed by atoms with E-state index in [4.69, 9.17) is 9.47 Å². The second-order valence-corrected chi connectivity index (χ2v) is 11.0. The van der Waals surface area contributed by atoms with Crippen LogP contribution in [-0.4, -0.2) is 23.8 Å². The standard InChI is InChI=1S/C25H21FI2N2O4S/c1-4-33-22-15(10-17(27)12-18(22)28)11-19-23(31)30-21(14-6-8-16(26)9-7-14)20(24(32)34-5-2)13(3)29-25(30)35-19/h6-12,21H,4-5H2,1-3H3/b19-11-/t21-/m0/s1. The van der Waals surface area contributed by atoms with Crippen molar-refractivity contribution in [2.24, 2.45) is 4.99 Å². The van der Waals surface area contributed by atoms with Crippen LogP contribution in [0.1, 0.15) is 37.9 Å². The highest BCUT2D eigenvalue weighted by atomic mass is 127. The van der Waals surface area contributed by atoms with Gasteiger partial charge >= 0.3 is 5.97 Å². The summed E-state index contributed by atoms with van der Waals surface area (Å²) in [5.74, 6) is -0.253. The molecule has 0 bridgehead atoms. The molecule has 2 aromatic carbocycles. The number of halogens is 3. The van der Waals surface area contributed by atoms with Crippen LogP contribution in [0.5, 0.6) is 5.75 Å². The first kappa shape index (κ1) is 26.0. The van der Waals surface area contributed by atoms with Gasteiger partial charge in [0.25, 0.3) is 5.56 Å². The van der Waals surface area contributed by atoms with Crippen molar-refractivity contribution in [1.29, 1.82) is 0 Å². The van der Waals surface area contributed by atoms with Crippen LogP contribution >= 0.6 is 56.5 Å². The second kappa shape index (κ2) is 10.9. The summed E-state index contributed by atoms with van der Waals surface area (Å²) in [7, 11) is 0. The van der Waals surface area contributed by atoms with Crippen LogP contribution in [0.4, 0.5) is 4.39 Å². The van der Waals surface area contributed by atoms with E-state index in [9.17, 15) is 14.0 Å². The predicted octanol–water partition coefficient (Wildman–Crippen LogP) is 4.55. The number of fused-ring (bicyclic) bond motifs is 1. The molecule has 0 unspecified atom stereocenters. The Labute approximate surface area is 232 Å². The molecule has 0 aliphatic carbocycles. The van der Waals surface area contributed by atoms with E-state index in [1.54, 1.807) is 32.1 Å². The van der Waals surface area contributed by atoms with E-state index in [0.29, 0.717) is 33.0 Å². The van der Waals surface area contributed by atoms with Crippen LogP contribution in [0, 0.1) is 13.0 Å². The molecule has 1 aromatic heterocycles. The normalized spacial score (nSPS) is 15.6. The summed E-state index contributed by atoms with van der Waals surface area (Å²) in [4.78, 5) is 31.7. The molecular formula is C25H21FI2N2O4S. The van der Waals surface area contributed by atoms with Gasteiger partial charge in [-0.25, -0.2) is 14.2 Å². The van der Waals surface area contributed by atoms with Crippen LogP contribution in [-0.2, 0) is 9.53 Å². The van der Waals surface area contributed by atoms with E-state index in [-0.39, 0.29) is 17.7 Å². The van der Waals surface area contributed by atoms with Crippen LogP contribution in [0.25, 0.3) is 6.08 Å². The topological polar surface area (TPSA) is 69.9 Å². The second-order valence-electron chi connectivity index (χ2n) is 7.59. The molecule has 0 saturated carbocycles. The summed E-state index contributed by atoms with van der Waals surface area (Å²) < 4.78 is 28.7. The molecule has 6 nitrogen and oxygen atoms in total. The lowest BCUT2D eigenvalue weighted by Gasteiger charge is -2.24. The lowest BCUT2D eigenvalue weighted by atomic mass is 9.96. The Morgan fingerprint density at radius 2 is 1.91 bits per heavy atom. The minimum absolute atomic E-state index is 0.182. The molecule has 1 aliphatic rings. The Morgan fingerprint density at radius 1 is 1.20 bits per heavy atom. The number of allylic oxidation sites excluding steroid dienone is 1. The number of aromatic nitrogens is 1. The number of hydrogen-bond donors (Lipinski definition) is 0. The van der Waals surface area contributed by atoms with Gasteiger partial charge in [0.1, 0.15) is 11.6 Å². The molecule has 0 amide bonds. The molecule has 0 N–H and O–H groups in total. The summed E-state index contributed by atoms with van der Waals surface area (Å²) in [6.07, 6.45) is 1.80. The number of hydrogen-bond acceptors (Lipinski definition) is 6. The van der Waals surface area contributed by atoms with Crippen molar-refractivity contribution in [3.05, 3.63) is 91.4 Å². The smallest absolute Gasteiger partial charge is 0.338 e. The number of ether oxygens (including phenoxy) is 2. The van der Waals surface area contributed by atoms with Gasteiger partial charge in [0.15, 0.2) is 4.80 Å². The highest BCUT2D eigenvalue weighted by molar-refractivity contribution is 14.1. The van der Waals surface area contributed by atoms with Crippen LogP contribution < -0.4 is 19.6 Å². The largest absolute Gasteiger partial charge is 0.492 e. The summed E-state index contributed by atoms with van der Waals surface area (Å²) in [5.41, 5.74) is 1.80. The number of carbonyl (C=O) groups is 1. The highest BCUT2D eigenvalue weighted by Crippen LogP contribution is 2.31. The van der Waals surface area contributed by atoms with Crippen molar-refractivity contribution in [2.45, 2.75) is 26.8 Å². The Balaban J connectivity index is 1.97. The maximum Gasteiger partial charge on any atom is 0.338 e. The Kier molecular flexibility index (Phi) is 8.11. The van der Waals surface area contributed by atoms with E-state index >= 15 is 0 Å². The molecule has 0 fully saturated rings. The van der Waals surface area contributed by atoms with Crippen LogP contribution in [0.15, 0.2) is 57.5 Å². The van der Waals surface area contributed by atoms with Crippen molar-refractivity contribution in [3.63, 3.8) is 0 Å². The maximum absolute atomic E-state index is 13.7. The van der Waals surface area contributed by atoms with Gasteiger partial charge in [-0.2, -0.15) is 0 Å². The molecule has 1 aliphatic heterocycles. The van der Waals surface area contributed by atoms with E-state index in [1.165, 1.54) is 28.0 Å². The lowest BCUT2D eigenvalue weighted by molar-refractivity contribution is -0.139. The van der Waals surface area contributed by atoms with E-state index in [0.717, 1.165) is 12.7 Å². The van der Waals surface area contributed by atoms with Gasteiger partial charge in [-0.05, 0) is 102 Å². The Morgan fingerprint density at radius 3 is 2.57 bits per heavy atom. The predicted molar refractivity (Wildman–Crippen MR) is 150 cm³/mol. The number of benzene rings is 2.